The highest BCUT2D eigenvalue weighted by Gasteiger charge is 2.43. The normalized spacial score (nSPS) is 23.8. The number of β-amino-alcohol motifs (C(OH)–C–C–N with tert-alkyl or cyclic N) is 1. The van der Waals surface area contributed by atoms with Gasteiger partial charge in [-0.05, 0) is 115 Å². The predicted octanol–water partition coefficient (Wildman–Crippen LogP) is 9.49. The first-order chi connectivity index (χ1) is 39.9. The molecular weight excluding hydrogens is 1210 g/mol. The summed E-state index contributed by atoms with van der Waals surface area (Å²) >= 11 is 1.83. The van der Waals surface area contributed by atoms with Crippen molar-refractivity contribution in [3.8, 4) is 0 Å². The number of ketones is 2. The van der Waals surface area contributed by atoms with Gasteiger partial charge in [0.1, 0.15) is 11.6 Å². The maximum Gasteiger partial charge on any atom is 0.472 e. The summed E-state index contributed by atoms with van der Waals surface area (Å²) in [6.45, 7) is 25.8. The molecule has 0 aromatic carbocycles. The van der Waals surface area contributed by atoms with E-state index in [1.807, 2.05) is 53.3 Å². The molecule has 0 spiro atoms. The Morgan fingerprint density at radius 2 is 1.02 bits per heavy atom. The van der Waals surface area contributed by atoms with E-state index >= 15 is 0 Å². The Bertz CT molecular complexity index is 2140. The van der Waals surface area contributed by atoms with Gasteiger partial charge >= 0.3 is 15.6 Å². The van der Waals surface area contributed by atoms with Gasteiger partial charge in [-0.1, -0.05) is 77.5 Å². The first-order valence-corrected chi connectivity index (χ1v) is 37.5. The number of carbonyl (C=O) groups is 6. The second-order valence-corrected chi connectivity index (χ2v) is 31.9. The highest BCUT2D eigenvalue weighted by Crippen LogP contribution is 2.48. The molecule has 4 heterocycles. The van der Waals surface area contributed by atoms with Crippen LogP contribution in [0.5, 0.6) is 0 Å². The Hall–Kier alpha value is -1.67. The summed E-state index contributed by atoms with van der Waals surface area (Å²) in [5.74, 6) is 2.98. The maximum absolute atomic E-state index is 13.1. The van der Waals surface area contributed by atoms with Gasteiger partial charge in [-0.2, -0.15) is 11.8 Å². The van der Waals surface area contributed by atoms with E-state index in [0.29, 0.717) is 94.1 Å². The van der Waals surface area contributed by atoms with Crippen molar-refractivity contribution in [2.24, 2.45) is 11.8 Å². The zero-order valence-electron chi connectivity index (χ0n) is 53.1. The third-order valence-electron chi connectivity index (χ3n) is 14.7. The molecule has 27 heteroatoms. The second kappa shape index (κ2) is 41.7. The minimum absolute atomic E-state index is 0. The summed E-state index contributed by atoms with van der Waals surface area (Å²) in [6.07, 6.45) is 4.55. The van der Waals surface area contributed by atoms with Gasteiger partial charge in [0.25, 0.3) is 0 Å². The minimum Gasteiger partial charge on any atom is -0.391 e. The van der Waals surface area contributed by atoms with Crippen molar-refractivity contribution < 1.29 is 80.4 Å². The van der Waals surface area contributed by atoms with E-state index in [1.165, 1.54) is 4.90 Å². The third-order valence-corrected chi connectivity index (χ3v) is 20.4. The van der Waals surface area contributed by atoms with Gasteiger partial charge in [0.05, 0.1) is 81.1 Å². The molecule has 0 aromatic heterocycles. The lowest BCUT2D eigenvalue weighted by Gasteiger charge is -2.26. The van der Waals surface area contributed by atoms with Gasteiger partial charge in [0, 0.05) is 88.7 Å². The lowest BCUT2D eigenvalue weighted by molar-refractivity contribution is -0.135. The number of carbonyl (C=O) groups excluding carboxylic acids is 6. The van der Waals surface area contributed by atoms with E-state index in [4.69, 9.17) is 27.6 Å². The molecule has 4 N–H and O–H groups in total. The van der Waals surface area contributed by atoms with E-state index in [0.717, 1.165) is 43.1 Å². The average molecular weight is 1320 g/mol. The summed E-state index contributed by atoms with van der Waals surface area (Å²) in [7, 11) is -5.72. The monoisotopic (exact) mass is 1320 g/mol. The van der Waals surface area contributed by atoms with E-state index in [9.17, 15) is 52.8 Å². The SMILES string of the molecule is C.CC(=O)CCSSCCCC(=O)N1C[C@H](OP(=O)(O)OC[C@@H]2C[C@@H](O)CN2C(=O)CCC(=O)CCCNC(C)C)C[C@H]1COC(C)C.CC(C)CCC(=O)N1C[C@H](C)C[C@H]1COP(=O)(O)O[C@@H]1C[C@@H](COC(C)C)N(C(=O)CCCSC(C)C)C1. The lowest BCUT2D eigenvalue weighted by atomic mass is 10.1. The molecule has 4 aliphatic rings. The number of phosphoric ester groups is 2. The van der Waals surface area contributed by atoms with Gasteiger partial charge in [0.15, 0.2) is 0 Å². The van der Waals surface area contributed by atoms with Crippen LogP contribution in [0.2, 0.25) is 0 Å². The number of aliphatic hydroxyl groups is 1. The molecule has 2 unspecified atom stereocenters. The van der Waals surface area contributed by atoms with Crippen LogP contribution in [0.3, 0.4) is 0 Å². The van der Waals surface area contributed by atoms with Crippen molar-refractivity contribution in [3.05, 3.63) is 0 Å². The Kier molecular flexibility index (Phi) is 39.0. The number of aliphatic hydroxyl groups excluding tert-OH is 1. The number of hydrogen-bond donors (Lipinski definition) is 4. The smallest absolute Gasteiger partial charge is 0.391 e. The molecule has 22 nitrogen and oxygen atoms in total. The van der Waals surface area contributed by atoms with Crippen LogP contribution in [-0.4, -0.2) is 212 Å². The molecule has 4 amide bonds. The summed E-state index contributed by atoms with van der Waals surface area (Å²) < 4.78 is 59.3. The zero-order chi connectivity index (χ0) is 63.4. The number of thioether (sulfide) groups is 1. The molecule has 0 saturated carbocycles. The van der Waals surface area contributed by atoms with Crippen LogP contribution in [0.1, 0.15) is 187 Å². The largest absolute Gasteiger partial charge is 0.472 e. The van der Waals surface area contributed by atoms with Crippen molar-refractivity contribution in [2.45, 2.75) is 253 Å². The topological polar surface area (TPSA) is 278 Å². The van der Waals surface area contributed by atoms with Crippen molar-refractivity contribution in [1.29, 1.82) is 0 Å². The molecule has 502 valence electrons. The zero-order valence-corrected chi connectivity index (χ0v) is 57.3. The predicted molar refractivity (Wildman–Crippen MR) is 343 cm³/mol. The van der Waals surface area contributed by atoms with Crippen LogP contribution in [-0.2, 0) is 65.5 Å². The first-order valence-electron chi connectivity index (χ1n) is 30.9. The Balaban J connectivity index is 0.000000593. The summed E-state index contributed by atoms with van der Waals surface area (Å²) in [4.78, 5) is 103. The highest BCUT2D eigenvalue weighted by atomic mass is 33.1. The molecule has 4 fully saturated rings. The number of Topliss-reactive ketones (excluding diaryl/α,β-unsaturated/α-hetero) is 2. The average Bonchev–Trinajstić information content (AvgIpc) is 3.21. The summed E-state index contributed by atoms with van der Waals surface area (Å²) in [6, 6.07) is -1.08. The first kappa shape index (κ1) is 80.4. The lowest BCUT2D eigenvalue weighted by Crippen LogP contribution is -2.39. The second-order valence-electron chi connectivity index (χ2n) is 24.7. The van der Waals surface area contributed by atoms with Gasteiger partial charge < -0.3 is 49.3 Å². The van der Waals surface area contributed by atoms with Gasteiger partial charge in [-0.25, -0.2) is 9.13 Å². The van der Waals surface area contributed by atoms with E-state index in [1.54, 1.807) is 43.2 Å². The molecule has 0 aliphatic carbocycles. The molecular formula is C59H111N5O17P2S3. The molecule has 4 aliphatic heterocycles. The van der Waals surface area contributed by atoms with E-state index in [2.05, 4.69) is 39.9 Å². The maximum atomic E-state index is 13.1. The highest BCUT2D eigenvalue weighted by molar-refractivity contribution is 8.76. The Labute approximate surface area is 527 Å². The fourth-order valence-corrected chi connectivity index (χ4v) is 15.2. The van der Waals surface area contributed by atoms with Gasteiger partial charge in [0.2, 0.25) is 23.6 Å². The van der Waals surface area contributed by atoms with Crippen LogP contribution in [0.25, 0.3) is 0 Å². The van der Waals surface area contributed by atoms with Crippen molar-refractivity contribution in [1.82, 2.24) is 24.9 Å². The van der Waals surface area contributed by atoms with E-state index in [-0.39, 0.29) is 132 Å². The molecule has 4 saturated heterocycles. The number of likely N-dealkylation sites (tertiary alicyclic amines) is 4. The van der Waals surface area contributed by atoms with Crippen molar-refractivity contribution >= 4 is 84.2 Å². The number of nitrogens with zero attached hydrogens (tertiary/aromatic N) is 4. The summed E-state index contributed by atoms with van der Waals surface area (Å²) in [5, 5.41) is 14.0. The fraction of sp³-hybridized carbons (Fsp3) is 0.898. The van der Waals surface area contributed by atoms with Crippen molar-refractivity contribution in [3.63, 3.8) is 0 Å². The number of ether oxygens (including phenoxy) is 2. The molecule has 0 aromatic rings. The van der Waals surface area contributed by atoms with Crippen molar-refractivity contribution in [2.75, 3.05) is 76.4 Å². The van der Waals surface area contributed by atoms with Crippen LogP contribution >= 0.6 is 49.0 Å². The number of rotatable bonds is 40. The van der Waals surface area contributed by atoms with Crippen LogP contribution < -0.4 is 5.32 Å². The quantitative estimate of drug-likeness (QED) is 0.0252. The van der Waals surface area contributed by atoms with Gasteiger partial charge in [-0.15, -0.1) is 0 Å². The standard InChI is InChI=1S/C31H56N3O10PS2.C27H51N2O7PS.CH4/c1-22(2)32-13-6-8-27(36)10-11-31(39)33-18-28(37)16-25(33)21-43-45(40,41)44-29-17-26(20-42-23(3)4)34(19-29)30(38)9-7-14-46-47-15-12-24(5)35;1-19(2)10-11-27(31)28-15-22(7)13-23(28)18-35-37(32,33)36-25-14-24(17-34-20(3)4)29(16-25)26(30)9-8-12-38-21(5)6;/h22-23,25-26,28-29,32,37H,6-21H2,1-5H3,(H,40,41);19-25H,8-18H2,1-7H3,(H,32,33);1H4/t25-,26-,28+,29+;22-,23+,24+,25-;/m01./s1. The van der Waals surface area contributed by atoms with E-state index < -0.39 is 40.0 Å². The summed E-state index contributed by atoms with van der Waals surface area (Å²) in [5.41, 5.74) is 0. The van der Waals surface area contributed by atoms with Gasteiger partial charge in [-0.3, -0.25) is 46.9 Å². The molecule has 0 bridgehead atoms. The Morgan fingerprint density at radius 3 is 1.52 bits per heavy atom. The van der Waals surface area contributed by atoms with Crippen LogP contribution in [0.4, 0.5) is 0 Å². The van der Waals surface area contributed by atoms with Crippen LogP contribution in [0, 0.1) is 11.8 Å². The molecule has 0 radical (unpaired) electrons. The number of amides is 4. The molecule has 86 heavy (non-hydrogen) atoms. The number of hydrogen-bond acceptors (Lipinski definition) is 19. The molecule has 10 atom stereocenters. The Morgan fingerprint density at radius 1 is 0.558 bits per heavy atom. The number of phosphoric acid groups is 2. The van der Waals surface area contributed by atoms with Crippen LogP contribution in [0.15, 0.2) is 0 Å². The number of nitrogens with one attached hydrogen (secondary N) is 1. The fourth-order valence-electron chi connectivity index (χ4n) is 10.4. The molecule has 4 rings (SSSR count). The third kappa shape index (κ3) is 33.1. The minimum atomic E-state index is -4.58.